The second kappa shape index (κ2) is 7.17. The predicted molar refractivity (Wildman–Crippen MR) is 123 cm³/mol. The monoisotopic (exact) mass is 410 g/mol. The Balaban J connectivity index is 1.47. The number of fused-ring (bicyclic) bond motifs is 1. The molecule has 2 saturated carbocycles. The van der Waals surface area contributed by atoms with Gasteiger partial charge in [0.1, 0.15) is 11.4 Å². The summed E-state index contributed by atoms with van der Waals surface area (Å²) in [6.45, 7) is 6.02. The highest BCUT2D eigenvalue weighted by molar-refractivity contribution is 5.91. The van der Waals surface area contributed by atoms with E-state index in [9.17, 15) is 4.79 Å². The maximum absolute atomic E-state index is 11.0. The fourth-order valence-corrected chi connectivity index (χ4v) is 4.34. The average Bonchev–Trinajstić information content (AvgIpc) is 3.67. The molecule has 0 unspecified atom stereocenters. The van der Waals surface area contributed by atoms with E-state index in [0.29, 0.717) is 11.5 Å². The van der Waals surface area contributed by atoms with Gasteiger partial charge in [0.15, 0.2) is 0 Å². The van der Waals surface area contributed by atoms with Gasteiger partial charge in [0.25, 0.3) is 0 Å². The van der Waals surface area contributed by atoms with Crippen molar-refractivity contribution >= 4 is 17.6 Å². The first-order chi connectivity index (χ1) is 14.9. The molecular weight excluding hydrogens is 384 g/mol. The zero-order chi connectivity index (χ0) is 21.8. The molecule has 1 N–H and O–H groups in total. The van der Waals surface area contributed by atoms with Gasteiger partial charge in [0.2, 0.25) is 0 Å². The second-order valence-corrected chi connectivity index (χ2v) is 9.07. The number of carboxylic acid groups (broad SMARTS) is 1. The highest BCUT2D eigenvalue weighted by Gasteiger charge is 2.51. The van der Waals surface area contributed by atoms with Crippen molar-refractivity contribution in [2.45, 2.75) is 58.0 Å². The van der Waals surface area contributed by atoms with Crippen LogP contribution in [0.25, 0.3) is 11.6 Å². The molecule has 2 aromatic rings. The molecule has 1 aliphatic heterocycles. The SMILES string of the molecule is CC1=C(C)C2(CC2)Oc2c1cc(C#Cc1ccc(/C=C(\C)C(=O)O)cc1)cc2C1CC1. The van der Waals surface area contributed by atoms with Crippen LogP contribution in [0.15, 0.2) is 47.5 Å². The smallest absolute Gasteiger partial charge is 0.331 e. The first-order valence-electron chi connectivity index (χ1n) is 11.0. The van der Waals surface area contributed by atoms with E-state index < -0.39 is 5.97 Å². The summed E-state index contributed by atoms with van der Waals surface area (Å²) in [6.07, 6.45) is 6.37. The van der Waals surface area contributed by atoms with Gasteiger partial charge in [-0.15, -0.1) is 0 Å². The van der Waals surface area contributed by atoms with Gasteiger partial charge in [-0.05, 0) is 105 Å². The minimum Gasteiger partial charge on any atom is -0.482 e. The van der Waals surface area contributed by atoms with Crippen LogP contribution >= 0.6 is 0 Å². The summed E-state index contributed by atoms with van der Waals surface area (Å²) in [7, 11) is 0. The Labute approximate surface area is 183 Å². The van der Waals surface area contributed by atoms with E-state index in [0.717, 1.165) is 35.3 Å². The van der Waals surface area contributed by atoms with E-state index >= 15 is 0 Å². The zero-order valence-corrected chi connectivity index (χ0v) is 18.2. The van der Waals surface area contributed by atoms with E-state index in [-0.39, 0.29) is 5.60 Å². The van der Waals surface area contributed by atoms with Crippen molar-refractivity contribution in [1.82, 2.24) is 0 Å². The lowest BCUT2D eigenvalue weighted by Crippen LogP contribution is -2.25. The quantitative estimate of drug-likeness (QED) is 0.486. The van der Waals surface area contributed by atoms with Crippen LogP contribution in [0.2, 0.25) is 0 Å². The number of aliphatic carboxylic acids is 1. The maximum Gasteiger partial charge on any atom is 0.331 e. The summed E-state index contributed by atoms with van der Waals surface area (Å²) in [4.78, 5) is 11.0. The first-order valence-corrected chi connectivity index (χ1v) is 11.0. The highest BCUT2D eigenvalue weighted by atomic mass is 16.5. The Bertz CT molecular complexity index is 1210. The number of hydrogen-bond donors (Lipinski definition) is 1. The Morgan fingerprint density at radius 2 is 1.77 bits per heavy atom. The molecule has 31 heavy (non-hydrogen) atoms. The molecular formula is C28H26O3. The van der Waals surface area contributed by atoms with Crippen molar-refractivity contribution in [3.8, 4) is 17.6 Å². The minimum atomic E-state index is -0.904. The topological polar surface area (TPSA) is 46.5 Å². The molecule has 156 valence electrons. The van der Waals surface area contributed by atoms with Crippen LogP contribution in [0.5, 0.6) is 5.75 Å². The fourth-order valence-electron chi connectivity index (χ4n) is 4.34. The van der Waals surface area contributed by atoms with Gasteiger partial charge in [-0.2, -0.15) is 0 Å². The Morgan fingerprint density at radius 3 is 2.39 bits per heavy atom. The minimum absolute atomic E-state index is 0.0386. The Kier molecular flexibility index (Phi) is 4.55. The van der Waals surface area contributed by atoms with Crippen molar-refractivity contribution in [3.63, 3.8) is 0 Å². The maximum atomic E-state index is 11.0. The number of ether oxygens (including phenoxy) is 1. The van der Waals surface area contributed by atoms with Crippen LogP contribution in [-0.2, 0) is 4.79 Å². The molecule has 1 spiro atoms. The lowest BCUT2D eigenvalue weighted by atomic mass is 9.89. The number of rotatable bonds is 3. The third kappa shape index (κ3) is 3.68. The van der Waals surface area contributed by atoms with E-state index in [1.807, 2.05) is 24.3 Å². The van der Waals surface area contributed by atoms with Crippen LogP contribution in [-0.4, -0.2) is 16.7 Å². The molecule has 1 heterocycles. The molecule has 2 aromatic carbocycles. The third-order valence-corrected chi connectivity index (χ3v) is 6.77. The van der Waals surface area contributed by atoms with Crippen LogP contribution in [0.4, 0.5) is 0 Å². The number of carboxylic acids is 1. The van der Waals surface area contributed by atoms with Crippen molar-refractivity contribution < 1.29 is 14.6 Å². The molecule has 5 rings (SSSR count). The van der Waals surface area contributed by atoms with Gasteiger partial charge in [0.05, 0.1) is 0 Å². The van der Waals surface area contributed by atoms with E-state index in [1.165, 1.54) is 35.1 Å². The van der Waals surface area contributed by atoms with Gasteiger partial charge >= 0.3 is 5.97 Å². The standard InChI is InChI=1S/C28H26O3/c1-17(27(29)30)14-21-7-4-20(5-8-21)6-9-22-15-24-18(2)19(3)28(12-13-28)31-26(24)25(16-22)23-10-11-23/h4-5,7-8,14-16,23H,10-13H2,1-3H3,(H,29,30)/b17-14+. The summed E-state index contributed by atoms with van der Waals surface area (Å²) in [5.74, 6) is 7.41. The van der Waals surface area contributed by atoms with Gasteiger partial charge in [-0.3, -0.25) is 0 Å². The lowest BCUT2D eigenvalue weighted by Gasteiger charge is -2.31. The van der Waals surface area contributed by atoms with Crippen molar-refractivity contribution in [2.75, 3.05) is 0 Å². The van der Waals surface area contributed by atoms with E-state index in [4.69, 9.17) is 9.84 Å². The lowest BCUT2D eigenvalue weighted by molar-refractivity contribution is -0.132. The van der Waals surface area contributed by atoms with E-state index in [1.54, 1.807) is 13.0 Å². The third-order valence-electron chi connectivity index (χ3n) is 6.77. The van der Waals surface area contributed by atoms with Crippen molar-refractivity contribution in [1.29, 1.82) is 0 Å². The van der Waals surface area contributed by atoms with Crippen molar-refractivity contribution in [3.05, 3.63) is 75.4 Å². The van der Waals surface area contributed by atoms with Crippen LogP contribution < -0.4 is 4.74 Å². The fraction of sp³-hybridized carbons (Fsp3) is 0.321. The first kappa shape index (κ1) is 19.7. The number of hydrogen-bond acceptors (Lipinski definition) is 2. The molecule has 0 atom stereocenters. The number of allylic oxidation sites excluding steroid dienone is 1. The molecule has 0 amide bonds. The average molecular weight is 411 g/mol. The van der Waals surface area contributed by atoms with Gasteiger partial charge in [0, 0.05) is 22.3 Å². The molecule has 2 aliphatic carbocycles. The summed E-state index contributed by atoms with van der Waals surface area (Å²) in [5.41, 5.74) is 8.30. The summed E-state index contributed by atoms with van der Waals surface area (Å²) in [5, 5.41) is 9.02. The van der Waals surface area contributed by atoms with Crippen LogP contribution in [0, 0.1) is 11.8 Å². The molecule has 0 saturated heterocycles. The second-order valence-electron chi connectivity index (χ2n) is 9.07. The Hall–Kier alpha value is -3.25. The molecule has 2 fully saturated rings. The largest absolute Gasteiger partial charge is 0.482 e. The molecule has 3 aliphatic rings. The zero-order valence-electron chi connectivity index (χ0n) is 18.2. The molecule has 3 heteroatoms. The van der Waals surface area contributed by atoms with Gasteiger partial charge < -0.3 is 9.84 Å². The molecule has 0 bridgehead atoms. The van der Waals surface area contributed by atoms with E-state index in [2.05, 4.69) is 37.8 Å². The number of benzene rings is 2. The number of carbonyl (C=O) groups is 1. The summed E-state index contributed by atoms with van der Waals surface area (Å²) >= 11 is 0. The van der Waals surface area contributed by atoms with Crippen molar-refractivity contribution in [2.24, 2.45) is 0 Å². The normalized spacial score (nSPS) is 18.7. The van der Waals surface area contributed by atoms with Crippen LogP contribution in [0.1, 0.15) is 80.2 Å². The van der Waals surface area contributed by atoms with Crippen LogP contribution in [0.3, 0.4) is 0 Å². The molecule has 3 nitrogen and oxygen atoms in total. The molecule has 0 radical (unpaired) electrons. The highest BCUT2D eigenvalue weighted by Crippen LogP contribution is 2.56. The summed E-state index contributed by atoms with van der Waals surface area (Å²) < 4.78 is 6.57. The van der Waals surface area contributed by atoms with Gasteiger partial charge in [-0.1, -0.05) is 24.0 Å². The summed E-state index contributed by atoms with van der Waals surface area (Å²) in [6, 6.07) is 12.1. The molecule has 0 aromatic heterocycles. The van der Waals surface area contributed by atoms with Gasteiger partial charge in [-0.25, -0.2) is 4.79 Å². The predicted octanol–water partition coefficient (Wildman–Crippen LogP) is 6.17. The Morgan fingerprint density at radius 1 is 1.10 bits per heavy atom.